The van der Waals surface area contributed by atoms with Crippen LogP contribution in [0.5, 0.6) is 0 Å². The Morgan fingerprint density at radius 2 is 1.57 bits per heavy atom. The molecule has 0 unspecified atom stereocenters. The van der Waals surface area contributed by atoms with E-state index in [1.165, 1.54) is 0 Å². The lowest BCUT2D eigenvalue weighted by atomic mass is 10.1. The van der Waals surface area contributed by atoms with Crippen molar-refractivity contribution in [1.82, 2.24) is 0 Å². The van der Waals surface area contributed by atoms with Crippen LogP contribution in [0.1, 0.15) is 11.1 Å². The highest BCUT2D eigenvalue weighted by Crippen LogP contribution is 2.26. The van der Waals surface area contributed by atoms with Gasteiger partial charge in [0.15, 0.2) is 0 Å². The van der Waals surface area contributed by atoms with Crippen LogP contribution in [0.2, 0.25) is 0 Å². The molecule has 3 aromatic rings. The Balaban J connectivity index is 1.85. The number of hydrogen-bond acceptors (Lipinski definition) is 1. The topological polar surface area (TPSA) is 41.1 Å². The van der Waals surface area contributed by atoms with E-state index in [0.29, 0.717) is 0 Å². The number of carbonyl (C=O) groups excluding carboxylic acids is 1. The first-order valence-electron chi connectivity index (χ1n) is 7.37. The highest BCUT2D eigenvalue weighted by Gasteiger charge is 2.10. The number of aryl methyl sites for hydroxylation is 2. The monoisotopic (exact) mass is 368 g/mol. The molecule has 3 aromatic carbocycles. The van der Waals surface area contributed by atoms with Gasteiger partial charge in [-0.1, -0.05) is 52.3 Å². The van der Waals surface area contributed by atoms with Gasteiger partial charge in [0.1, 0.15) is 0 Å². The fourth-order valence-corrected chi connectivity index (χ4v) is 3.40. The Labute approximate surface area is 143 Å². The second-order valence-corrected chi connectivity index (χ2v) is 6.44. The summed E-state index contributed by atoms with van der Waals surface area (Å²) in [4.78, 5) is 12.4. The number of fused-ring (bicyclic) bond motifs is 1. The minimum Gasteiger partial charge on any atom is -0.307 e. The third-order valence-electron chi connectivity index (χ3n) is 3.77. The maximum absolute atomic E-state index is 12.4. The molecule has 0 bridgehead atoms. The number of nitrogens with one attached hydrogen (secondary N) is 2. The summed E-state index contributed by atoms with van der Waals surface area (Å²) in [6.07, 6.45) is 0. The van der Waals surface area contributed by atoms with Crippen LogP contribution >= 0.6 is 15.9 Å². The number of halogens is 1. The first-order valence-corrected chi connectivity index (χ1v) is 8.16. The number of carbonyl (C=O) groups is 1. The van der Waals surface area contributed by atoms with Crippen LogP contribution in [-0.4, -0.2) is 6.03 Å². The van der Waals surface area contributed by atoms with Crippen molar-refractivity contribution < 1.29 is 4.79 Å². The average molecular weight is 369 g/mol. The van der Waals surface area contributed by atoms with Gasteiger partial charge in [-0.05, 0) is 48.6 Å². The summed E-state index contributed by atoms with van der Waals surface area (Å²) in [6.45, 7) is 3.95. The van der Waals surface area contributed by atoms with Crippen LogP contribution in [-0.2, 0) is 0 Å². The Hall–Kier alpha value is -2.33. The van der Waals surface area contributed by atoms with E-state index in [9.17, 15) is 4.79 Å². The predicted molar refractivity (Wildman–Crippen MR) is 100 cm³/mol. The van der Waals surface area contributed by atoms with Crippen molar-refractivity contribution in [3.63, 3.8) is 0 Å². The van der Waals surface area contributed by atoms with E-state index >= 15 is 0 Å². The summed E-state index contributed by atoms with van der Waals surface area (Å²) in [7, 11) is 0. The van der Waals surface area contributed by atoms with Gasteiger partial charge >= 0.3 is 6.03 Å². The van der Waals surface area contributed by atoms with Crippen molar-refractivity contribution in [2.24, 2.45) is 0 Å². The molecule has 0 atom stereocenters. The molecule has 2 N–H and O–H groups in total. The van der Waals surface area contributed by atoms with Crippen LogP contribution in [0, 0.1) is 13.8 Å². The van der Waals surface area contributed by atoms with E-state index < -0.39 is 0 Å². The van der Waals surface area contributed by atoms with Crippen LogP contribution in [0.25, 0.3) is 10.8 Å². The molecule has 0 spiro atoms. The lowest BCUT2D eigenvalue weighted by Crippen LogP contribution is -2.20. The maximum Gasteiger partial charge on any atom is 0.323 e. The largest absolute Gasteiger partial charge is 0.323 e. The Morgan fingerprint density at radius 3 is 2.30 bits per heavy atom. The minimum absolute atomic E-state index is 0.241. The third kappa shape index (κ3) is 3.37. The number of benzene rings is 3. The van der Waals surface area contributed by atoms with Crippen molar-refractivity contribution >= 4 is 44.1 Å². The molecule has 4 heteroatoms. The summed E-state index contributed by atoms with van der Waals surface area (Å²) < 4.78 is 1.01. The number of urea groups is 1. The minimum atomic E-state index is -0.241. The van der Waals surface area contributed by atoms with Crippen molar-refractivity contribution in [3.05, 3.63) is 70.2 Å². The number of rotatable bonds is 2. The molecule has 0 aliphatic carbocycles. The molecule has 0 heterocycles. The molecule has 0 saturated heterocycles. The molecule has 116 valence electrons. The molecule has 3 rings (SSSR count). The van der Waals surface area contributed by atoms with Crippen molar-refractivity contribution in [3.8, 4) is 0 Å². The molecule has 0 aromatic heterocycles. The van der Waals surface area contributed by atoms with E-state index in [2.05, 4.69) is 26.6 Å². The number of anilines is 2. The van der Waals surface area contributed by atoms with Gasteiger partial charge in [0.2, 0.25) is 0 Å². The summed E-state index contributed by atoms with van der Waals surface area (Å²) in [5.41, 5.74) is 3.67. The van der Waals surface area contributed by atoms with Gasteiger partial charge < -0.3 is 10.6 Å². The van der Waals surface area contributed by atoms with E-state index in [4.69, 9.17) is 0 Å². The summed E-state index contributed by atoms with van der Waals surface area (Å²) >= 11 is 3.47. The first kappa shape index (κ1) is 15.6. The predicted octanol–water partition coefficient (Wildman–Crippen LogP) is 5.86. The molecule has 0 radical (unpaired) electrons. The average Bonchev–Trinajstić information content (AvgIpc) is 2.51. The van der Waals surface area contributed by atoms with Gasteiger partial charge in [0.05, 0.1) is 5.69 Å². The molecule has 0 fully saturated rings. The van der Waals surface area contributed by atoms with Crippen LogP contribution < -0.4 is 10.6 Å². The summed E-state index contributed by atoms with van der Waals surface area (Å²) in [5, 5.41) is 8.01. The molecule has 3 nitrogen and oxygen atoms in total. The quantitative estimate of drug-likeness (QED) is 0.583. The molecule has 0 saturated carbocycles. The van der Waals surface area contributed by atoms with Crippen molar-refractivity contribution in [2.75, 3.05) is 10.6 Å². The van der Waals surface area contributed by atoms with Gasteiger partial charge in [-0.2, -0.15) is 0 Å². The molecular formula is C19H17BrN2O. The Morgan fingerprint density at radius 1 is 0.913 bits per heavy atom. The van der Waals surface area contributed by atoms with Crippen molar-refractivity contribution in [2.45, 2.75) is 13.8 Å². The fourth-order valence-electron chi connectivity index (χ4n) is 2.71. The lowest BCUT2D eigenvalue weighted by molar-refractivity contribution is 0.262. The zero-order valence-corrected chi connectivity index (χ0v) is 14.6. The fraction of sp³-hybridized carbons (Fsp3) is 0.105. The van der Waals surface area contributed by atoms with Gasteiger partial charge in [-0.3, -0.25) is 0 Å². The van der Waals surface area contributed by atoms with E-state index in [1.807, 2.05) is 68.4 Å². The second-order valence-electron chi connectivity index (χ2n) is 5.52. The zero-order chi connectivity index (χ0) is 16.4. The Bertz CT molecular complexity index is 861. The first-order chi connectivity index (χ1) is 11.0. The van der Waals surface area contributed by atoms with Gasteiger partial charge in [-0.15, -0.1) is 0 Å². The van der Waals surface area contributed by atoms with Gasteiger partial charge in [0, 0.05) is 15.5 Å². The second kappa shape index (κ2) is 6.42. The molecule has 23 heavy (non-hydrogen) atoms. The molecular weight excluding hydrogens is 352 g/mol. The van der Waals surface area contributed by atoms with Crippen molar-refractivity contribution in [1.29, 1.82) is 0 Å². The molecule has 0 aliphatic rings. The van der Waals surface area contributed by atoms with E-state index in [-0.39, 0.29) is 6.03 Å². The molecule has 0 aliphatic heterocycles. The SMILES string of the molecule is Cc1cc(Br)cc(C)c1NC(=O)Nc1cccc2ccccc12. The van der Waals surface area contributed by atoms with Gasteiger partial charge in [-0.25, -0.2) is 4.79 Å². The highest BCUT2D eigenvalue weighted by molar-refractivity contribution is 9.10. The maximum atomic E-state index is 12.4. The van der Waals surface area contributed by atoms with Crippen LogP contribution in [0.15, 0.2) is 59.1 Å². The summed E-state index contributed by atoms with van der Waals surface area (Å²) in [5.74, 6) is 0. The van der Waals surface area contributed by atoms with E-state index in [1.54, 1.807) is 0 Å². The number of hydrogen-bond donors (Lipinski definition) is 2. The van der Waals surface area contributed by atoms with Gasteiger partial charge in [0.25, 0.3) is 0 Å². The smallest absolute Gasteiger partial charge is 0.307 e. The number of amides is 2. The zero-order valence-electron chi connectivity index (χ0n) is 13.0. The van der Waals surface area contributed by atoms with E-state index in [0.717, 1.165) is 37.7 Å². The third-order valence-corrected chi connectivity index (χ3v) is 4.23. The Kier molecular flexibility index (Phi) is 4.35. The molecule has 2 amide bonds. The standard InChI is InChI=1S/C19H17BrN2O/c1-12-10-15(20)11-13(2)18(12)22-19(23)21-17-9-5-7-14-6-3-4-8-16(14)17/h3-11H,1-2H3,(H2,21,22,23). The lowest BCUT2D eigenvalue weighted by Gasteiger charge is -2.14. The highest BCUT2D eigenvalue weighted by atomic mass is 79.9. The normalized spacial score (nSPS) is 10.6. The van der Waals surface area contributed by atoms with Crippen LogP contribution in [0.4, 0.5) is 16.2 Å². The summed E-state index contributed by atoms with van der Waals surface area (Å²) in [6, 6.07) is 17.6. The van der Waals surface area contributed by atoms with Crippen LogP contribution in [0.3, 0.4) is 0 Å².